The third kappa shape index (κ3) is 3.59. The molecule has 3 N–H and O–H groups in total. The van der Waals surface area contributed by atoms with Gasteiger partial charge in [-0.05, 0) is 61.6 Å². The van der Waals surface area contributed by atoms with Gasteiger partial charge in [0.1, 0.15) is 5.75 Å². The van der Waals surface area contributed by atoms with Crippen LogP contribution in [0.2, 0.25) is 0 Å². The molecular weight excluding hydrogens is 300 g/mol. The van der Waals surface area contributed by atoms with E-state index in [-0.39, 0.29) is 17.9 Å². The third-order valence-electron chi connectivity index (χ3n) is 6.03. The van der Waals surface area contributed by atoms with Gasteiger partial charge in [0.05, 0.1) is 13.2 Å². The van der Waals surface area contributed by atoms with E-state index in [1.54, 1.807) is 7.11 Å². The Bertz CT molecular complexity index is 543. The summed E-state index contributed by atoms with van der Waals surface area (Å²) in [6, 6.07) is 8.37. The van der Waals surface area contributed by atoms with Crippen molar-refractivity contribution in [2.45, 2.75) is 57.5 Å². The van der Waals surface area contributed by atoms with Gasteiger partial charge in [-0.3, -0.25) is 4.79 Å². The lowest BCUT2D eigenvalue weighted by Crippen LogP contribution is -2.49. The van der Waals surface area contributed by atoms with E-state index in [2.05, 4.69) is 12.2 Å². The fourth-order valence-corrected chi connectivity index (χ4v) is 4.55. The van der Waals surface area contributed by atoms with E-state index in [9.17, 15) is 4.79 Å². The quantitative estimate of drug-likeness (QED) is 0.869. The van der Waals surface area contributed by atoms with Crippen LogP contribution < -0.4 is 15.8 Å². The van der Waals surface area contributed by atoms with Crippen molar-refractivity contribution in [3.63, 3.8) is 0 Å². The van der Waals surface area contributed by atoms with Crippen LogP contribution in [0.5, 0.6) is 5.75 Å². The Morgan fingerprint density at radius 2 is 1.88 bits per heavy atom. The monoisotopic (exact) mass is 330 g/mol. The SMILES string of the molecule is CCC(NC(=O)C1CC2CCCC(C1)C2N)c1ccc(OC)cc1. The number of carbonyl (C=O) groups is 1. The molecule has 4 nitrogen and oxygen atoms in total. The van der Waals surface area contributed by atoms with Crippen molar-refractivity contribution in [3.05, 3.63) is 29.8 Å². The first-order valence-electron chi connectivity index (χ1n) is 9.32. The molecule has 2 aliphatic rings. The molecule has 0 aliphatic heterocycles. The van der Waals surface area contributed by atoms with Crippen LogP contribution in [-0.4, -0.2) is 19.1 Å². The topological polar surface area (TPSA) is 64.4 Å². The number of hydrogen-bond donors (Lipinski definition) is 2. The number of ether oxygens (including phenoxy) is 1. The molecule has 132 valence electrons. The van der Waals surface area contributed by atoms with E-state index in [0.717, 1.165) is 30.6 Å². The molecule has 4 heteroatoms. The first-order chi connectivity index (χ1) is 11.6. The predicted octanol–water partition coefficient (Wildman–Crippen LogP) is 3.42. The molecule has 0 saturated heterocycles. The van der Waals surface area contributed by atoms with Gasteiger partial charge in [-0.2, -0.15) is 0 Å². The molecule has 0 spiro atoms. The van der Waals surface area contributed by atoms with Crippen molar-refractivity contribution in [2.24, 2.45) is 23.5 Å². The number of benzene rings is 1. The van der Waals surface area contributed by atoms with Crippen LogP contribution >= 0.6 is 0 Å². The number of amides is 1. The second kappa shape index (κ2) is 7.56. The van der Waals surface area contributed by atoms with E-state index in [0.29, 0.717) is 17.9 Å². The molecule has 0 radical (unpaired) electrons. The van der Waals surface area contributed by atoms with Crippen LogP contribution in [0.1, 0.15) is 57.1 Å². The summed E-state index contributed by atoms with van der Waals surface area (Å²) in [6.07, 6.45) is 6.47. The van der Waals surface area contributed by atoms with Crippen molar-refractivity contribution >= 4 is 5.91 Å². The Balaban J connectivity index is 1.64. The Morgan fingerprint density at radius 1 is 1.25 bits per heavy atom. The predicted molar refractivity (Wildman–Crippen MR) is 95.7 cm³/mol. The summed E-state index contributed by atoms with van der Waals surface area (Å²) in [6.45, 7) is 2.11. The lowest BCUT2D eigenvalue weighted by Gasteiger charge is -2.43. The lowest BCUT2D eigenvalue weighted by molar-refractivity contribution is -0.128. The Morgan fingerprint density at radius 3 is 2.42 bits per heavy atom. The number of rotatable bonds is 5. The van der Waals surface area contributed by atoms with E-state index < -0.39 is 0 Å². The summed E-state index contributed by atoms with van der Waals surface area (Å²) in [4.78, 5) is 12.8. The van der Waals surface area contributed by atoms with Crippen LogP contribution in [0.25, 0.3) is 0 Å². The minimum absolute atomic E-state index is 0.0684. The zero-order chi connectivity index (χ0) is 17.1. The standard InChI is InChI=1S/C20H30N2O2/c1-3-18(13-7-9-17(24-2)10-8-13)22-20(23)16-11-14-5-4-6-15(12-16)19(14)21/h7-10,14-16,18-19H,3-6,11-12,21H2,1-2H3,(H,22,23). The summed E-state index contributed by atoms with van der Waals surface area (Å²) in [5, 5.41) is 3.27. The normalized spacial score (nSPS) is 30.5. The molecule has 2 fully saturated rings. The molecule has 3 unspecified atom stereocenters. The first-order valence-corrected chi connectivity index (χ1v) is 9.32. The van der Waals surface area contributed by atoms with Gasteiger partial charge in [-0.25, -0.2) is 0 Å². The van der Waals surface area contributed by atoms with E-state index in [1.807, 2.05) is 24.3 Å². The minimum atomic E-state index is 0.0684. The summed E-state index contributed by atoms with van der Waals surface area (Å²) in [7, 11) is 1.67. The molecule has 24 heavy (non-hydrogen) atoms. The largest absolute Gasteiger partial charge is 0.497 e. The lowest BCUT2D eigenvalue weighted by atomic mass is 9.65. The van der Waals surface area contributed by atoms with Gasteiger partial charge in [0, 0.05) is 12.0 Å². The summed E-state index contributed by atoms with van der Waals surface area (Å²) in [5.74, 6) is 2.26. The number of methoxy groups -OCH3 is 1. The highest BCUT2D eigenvalue weighted by Gasteiger charge is 2.40. The van der Waals surface area contributed by atoms with Crippen LogP contribution in [0.3, 0.4) is 0 Å². The van der Waals surface area contributed by atoms with E-state index in [4.69, 9.17) is 10.5 Å². The number of fused-ring (bicyclic) bond motifs is 2. The van der Waals surface area contributed by atoms with Crippen LogP contribution in [-0.2, 0) is 4.79 Å². The second-order valence-corrected chi connectivity index (χ2v) is 7.44. The van der Waals surface area contributed by atoms with Gasteiger partial charge in [0.2, 0.25) is 5.91 Å². The molecule has 3 rings (SSSR count). The second-order valence-electron chi connectivity index (χ2n) is 7.44. The van der Waals surface area contributed by atoms with Gasteiger partial charge in [0.15, 0.2) is 0 Å². The molecule has 1 aromatic rings. The van der Waals surface area contributed by atoms with Gasteiger partial charge >= 0.3 is 0 Å². The van der Waals surface area contributed by atoms with Crippen molar-refractivity contribution in [1.82, 2.24) is 5.32 Å². The van der Waals surface area contributed by atoms with Gasteiger partial charge in [-0.1, -0.05) is 25.5 Å². The molecule has 2 aliphatic carbocycles. The summed E-state index contributed by atoms with van der Waals surface area (Å²) in [5.41, 5.74) is 7.49. The van der Waals surface area contributed by atoms with E-state index in [1.165, 1.54) is 19.3 Å². The number of nitrogens with one attached hydrogen (secondary N) is 1. The van der Waals surface area contributed by atoms with Crippen LogP contribution in [0, 0.1) is 17.8 Å². The number of hydrogen-bond acceptors (Lipinski definition) is 3. The molecule has 0 aromatic heterocycles. The minimum Gasteiger partial charge on any atom is -0.497 e. The van der Waals surface area contributed by atoms with Gasteiger partial charge < -0.3 is 15.8 Å². The zero-order valence-corrected chi connectivity index (χ0v) is 14.8. The fraction of sp³-hybridized carbons (Fsp3) is 0.650. The van der Waals surface area contributed by atoms with Crippen molar-refractivity contribution in [1.29, 1.82) is 0 Å². The average Bonchev–Trinajstić information content (AvgIpc) is 2.59. The van der Waals surface area contributed by atoms with Crippen molar-refractivity contribution in [2.75, 3.05) is 7.11 Å². The van der Waals surface area contributed by atoms with Gasteiger partial charge in [0.25, 0.3) is 0 Å². The highest BCUT2D eigenvalue weighted by molar-refractivity contribution is 5.79. The molecule has 3 atom stereocenters. The van der Waals surface area contributed by atoms with Gasteiger partial charge in [-0.15, -0.1) is 0 Å². The number of nitrogens with two attached hydrogens (primary N) is 1. The third-order valence-corrected chi connectivity index (χ3v) is 6.03. The Hall–Kier alpha value is -1.55. The first kappa shape index (κ1) is 17.3. The maximum atomic E-state index is 12.8. The maximum absolute atomic E-state index is 12.8. The zero-order valence-electron chi connectivity index (χ0n) is 14.8. The molecule has 2 saturated carbocycles. The smallest absolute Gasteiger partial charge is 0.223 e. The van der Waals surface area contributed by atoms with E-state index >= 15 is 0 Å². The fourth-order valence-electron chi connectivity index (χ4n) is 4.55. The summed E-state index contributed by atoms with van der Waals surface area (Å²) < 4.78 is 5.21. The van der Waals surface area contributed by atoms with Crippen molar-refractivity contribution < 1.29 is 9.53 Å². The molecule has 0 heterocycles. The Kier molecular flexibility index (Phi) is 5.44. The number of carbonyl (C=O) groups excluding carboxylic acids is 1. The Labute approximate surface area is 145 Å². The molecule has 1 amide bonds. The van der Waals surface area contributed by atoms with Crippen LogP contribution in [0.15, 0.2) is 24.3 Å². The van der Waals surface area contributed by atoms with Crippen LogP contribution in [0.4, 0.5) is 0 Å². The molecule has 1 aromatic carbocycles. The summed E-state index contributed by atoms with van der Waals surface area (Å²) >= 11 is 0. The molecule has 2 bridgehead atoms. The highest BCUT2D eigenvalue weighted by Crippen LogP contribution is 2.42. The molecular formula is C20H30N2O2. The highest BCUT2D eigenvalue weighted by atomic mass is 16.5. The maximum Gasteiger partial charge on any atom is 0.223 e. The average molecular weight is 330 g/mol. The van der Waals surface area contributed by atoms with Crippen molar-refractivity contribution in [3.8, 4) is 5.75 Å².